The van der Waals surface area contributed by atoms with Gasteiger partial charge in [-0.1, -0.05) is 6.07 Å². The van der Waals surface area contributed by atoms with Gasteiger partial charge in [0.05, 0.1) is 0 Å². The van der Waals surface area contributed by atoms with Crippen LogP contribution in [0.2, 0.25) is 0 Å². The van der Waals surface area contributed by atoms with Crippen molar-refractivity contribution < 1.29 is 4.79 Å². The summed E-state index contributed by atoms with van der Waals surface area (Å²) in [7, 11) is 0. The Morgan fingerprint density at radius 3 is 3.00 bits per heavy atom. The summed E-state index contributed by atoms with van der Waals surface area (Å²) in [5, 5.41) is 2.79. The maximum Gasteiger partial charge on any atom is 0.225 e. The van der Waals surface area contributed by atoms with Gasteiger partial charge in [0.2, 0.25) is 5.91 Å². The highest BCUT2D eigenvalue weighted by molar-refractivity contribution is 7.98. The lowest BCUT2D eigenvalue weighted by molar-refractivity contribution is -0.116. The molecule has 1 amide bonds. The Bertz CT molecular complexity index is 315. The van der Waals surface area contributed by atoms with E-state index in [9.17, 15) is 4.79 Å². The van der Waals surface area contributed by atoms with Crippen LogP contribution in [-0.4, -0.2) is 18.7 Å². The van der Waals surface area contributed by atoms with Gasteiger partial charge >= 0.3 is 0 Å². The van der Waals surface area contributed by atoms with Crippen molar-refractivity contribution in [3.8, 4) is 0 Å². The number of benzene rings is 1. The van der Waals surface area contributed by atoms with Crippen molar-refractivity contribution in [3.05, 3.63) is 24.3 Å². The Hall–Kier alpha value is -1.00. The van der Waals surface area contributed by atoms with E-state index in [-0.39, 0.29) is 5.91 Å². The second-order valence-electron chi connectivity index (χ2n) is 2.82. The summed E-state index contributed by atoms with van der Waals surface area (Å²) in [6, 6.07) is 7.74. The summed E-state index contributed by atoms with van der Waals surface area (Å²) in [6.45, 7) is 0.383. The molecule has 0 aliphatic rings. The van der Waals surface area contributed by atoms with Gasteiger partial charge in [0.15, 0.2) is 0 Å². The van der Waals surface area contributed by atoms with Crippen molar-refractivity contribution in [3.63, 3.8) is 0 Å². The van der Waals surface area contributed by atoms with Crippen molar-refractivity contribution in [2.45, 2.75) is 11.3 Å². The minimum Gasteiger partial charge on any atom is -0.330 e. The first-order valence-electron chi connectivity index (χ1n) is 4.40. The molecular weight excluding hydrogens is 196 g/mol. The molecule has 14 heavy (non-hydrogen) atoms. The van der Waals surface area contributed by atoms with Gasteiger partial charge in [-0.2, -0.15) is 0 Å². The molecule has 3 N–H and O–H groups in total. The van der Waals surface area contributed by atoms with Crippen LogP contribution in [0.1, 0.15) is 6.42 Å². The molecule has 76 valence electrons. The fraction of sp³-hybridized carbons (Fsp3) is 0.300. The average molecular weight is 210 g/mol. The summed E-state index contributed by atoms with van der Waals surface area (Å²) < 4.78 is 0. The maximum atomic E-state index is 11.2. The van der Waals surface area contributed by atoms with E-state index in [1.165, 1.54) is 0 Å². The lowest BCUT2D eigenvalue weighted by Crippen LogP contribution is -2.16. The van der Waals surface area contributed by atoms with E-state index in [1.54, 1.807) is 11.8 Å². The predicted molar refractivity (Wildman–Crippen MR) is 60.5 cm³/mol. The minimum absolute atomic E-state index is 0.0363. The maximum absolute atomic E-state index is 11.2. The Balaban J connectivity index is 2.62. The van der Waals surface area contributed by atoms with Gasteiger partial charge in [-0.15, -0.1) is 11.8 Å². The van der Waals surface area contributed by atoms with Crippen molar-refractivity contribution in [2.24, 2.45) is 5.73 Å². The van der Waals surface area contributed by atoms with E-state index < -0.39 is 0 Å². The van der Waals surface area contributed by atoms with E-state index in [2.05, 4.69) is 5.32 Å². The third-order valence-corrected chi connectivity index (χ3v) is 2.45. The standard InChI is InChI=1S/C10H14N2OS/c1-14-9-4-2-3-8(7-9)12-10(13)5-6-11/h2-4,7H,5-6,11H2,1H3,(H,12,13). The van der Waals surface area contributed by atoms with Crippen LogP contribution in [0.15, 0.2) is 29.2 Å². The molecule has 0 heterocycles. The molecule has 1 aromatic carbocycles. The van der Waals surface area contributed by atoms with Crippen LogP contribution in [-0.2, 0) is 4.79 Å². The highest BCUT2D eigenvalue weighted by Gasteiger charge is 2.00. The molecule has 0 saturated carbocycles. The average Bonchev–Trinajstić information content (AvgIpc) is 2.18. The van der Waals surface area contributed by atoms with E-state index in [0.29, 0.717) is 13.0 Å². The smallest absolute Gasteiger partial charge is 0.225 e. The Morgan fingerprint density at radius 1 is 1.57 bits per heavy atom. The lowest BCUT2D eigenvalue weighted by Gasteiger charge is -2.05. The van der Waals surface area contributed by atoms with Crippen molar-refractivity contribution in [1.29, 1.82) is 0 Å². The van der Waals surface area contributed by atoms with Crippen molar-refractivity contribution >= 4 is 23.4 Å². The monoisotopic (exact) mass is 210 g/mol. The third-order valence-electron chi connectivity index (χ3n) is 1.72. The molecule has 0 atom stereocenters. The van der Waals surface area contributed by atoms with E-state index >= 15 is 0 Å². The highest BCUT2D eigenvalue weighted by atomic mass is 32.2. The van der Waals surface area contributed by atoms with Gasteiger partial charge in [-0.3, -0.25) is 4.79 Å². The van der Waals surface area contributed by atoms with E-state index in [4.69, 9.17) is 5.73 Å². The number of thioether (sulfide) groups is 1. The molecule has 1 rings (SSSR count). The van der Waals surface area contributed by atoms with Gasteiger partial charge in [-0.25, -0.2) is 0 Å². The minimum atomic E-state index is -0.0363. The Labute approximate surface area is 88.1 Å². The van der Waals surface area contributed by atoms with Gasteiger partial charge in [0.1, 0.15) is 0 Å². The molecule has 0 aromatic heterocycles. The first-order chi connectivity index (χ1) is 6.76. The second kappa shape index (κ2) is 5.67. The first-order valence-corrected chi connectivity index (χ1v) is 5.62. The summed E-state index contributed by atoms with van der Waals surface area (Å²) in [5.74, 6) is -0.0363. The zero-order valence-electron chi connectivity index (χ0n) is 8.12. The number of nitrogens with one attached hydrogen (secondary N) is 1. The Kier molecular flexibility index (Phi) is 4.49. The number of nitrogens with two attached hydrogens (primary N) is 1. The molecule has 0 spiro atoms. The van der Waals surface area contributed by atoms with Crippen LogP contribution in [0.3, 0.4) is 0 Å². The molecule has 1 aromatic rings. The van der Waals surface area contributed by atoms with Crippen LogP contribution in [0.4, 0.5) is 5.69 Å². The van der Waals surface area contributed by atoms with Crippen LogP contribution >= 0.6 is 11.8 Å². The molecule has 3 nitrogen and oxygen atoms in total. The zero-order valence-corrected chi connectivity index (χ0v) is 8.93. The molecular formula is C10H14N2OS. The highest BCUT2D eigenvalue weighted by Crippen LogP contribution is 2.18. The fourth-order valence-electron chi connectivity index (χ4n) is 1.06. The predicted octanol–water partition coefficient (Wildman–Crippen LogP) is 1.70. The molecule has 0 aliphatic carbocycles. The number of amides is 1. The quantitative estimate of drug-likeness (QED) is 0.744. The number of rotatable bonds is 4. The number of carbonyl (C=O) groups excluding carboxylic acids is 1. The number of carbonyl (C=O) groups is 1. The SMILES string of the molecule is CSc1cccc(NC(=O)CCN)c1. The van der Waals surface area contributed by atoms with Crippen molar-refractivity contribution in [1.82, 2.24) is 0 Å². The molecule has 0 aliphatic heterocycles. The van der Waals surface area contributed by atoms with Crippen LogP contribution in [0.5, 0.6) is 0 Å². The fourth-order valence-corrected chi connectivity index (χ4v) is 1.51. The zero-order chi connectivity index (χ0) is 10.4. The second-order valence-corrected chi connectivity index (χ2v) is 3.70. The summed E-state index contributed by atoms with van der Waals surface area (Å²) >= 11 is 1.65. The summed E-state index contributed by atoms with van der Waals surface area (Å²) in [5.41, 5.74) is 6.10. The Morgan fingerprint density at radius 2 is 2.36 bits per heavy atom. The number of hydrogen-bond donors (Lipinski definition) is 2. The lowest BCUT2D eigenvalue weighted by atomic mass is 10.3. The van der Waals surface area contributed by atoms with Crippen LogP contribution in [0, 0.1) is 0 Å². The topological polar surface area (TPSA) is 55.1 Å². The molecule has 0 fully saturated rings. The summed E-state index contributed by atoms with van der Waals surface area (Å²) in [6.07, 6.45) is 2.37. The summed E-state index contributed by atoms with van der Waals surface area (Å²) in [4.78, 5) is 12.3. The molecule has 0 unspecified atom stereocenters. The van der Waals surface area contributed by atoms with Crippen LogP contribution < -0.4 is 11.1 Å². The molecule has 0 radical (unpaired) electrons. The molecule has 0 bridgehead atoms. The number of anilines is 1. The molecule has 4 heteroatoms. The number of hydrogen-bond acceptors (Lipinski definition) is 3. The van der Waals surface area contributed by atoms with Crippen LogP contribution in [0.25, 0.3) is 0 Å². The van der Waals surface area contributed by atoms with Gasteiger partial charge < -0.3 is 11.1 Å². The van der Waals surface area contributed by atoms with Crippen molar-refractivity contribution in [2.75, 3.05) is 18.1 Å². The van der Waals surface area contributed by atoms with Gasteiger partial charge in [0.25, 0.3) is 0 Å². The first kappa shape index (κ1) is 11.1. The third kappa shape index (κ3) is 3.40. The largest absolute Gasteiger partial charge is 0.330 e. The van der Waals surface area contributed by atoms with Gasteiger partial charge in [0, 0.05) is 23.5 Å². The van der Waals surface area contributed by atoms with Gasteiger partial charge in [-0.05, 0) is 24.5 Å². The normalized spacial score (nSPS) is 9.86. The van der Waals surface area contributed by atoms with E-state index in [0.717, 1.165) is 10.6 Å². The molecule has 0 saturated heterocycles. The van der Waals surface area contributed by atoms with E-state index in [1.807, 2.05) is 30.5 Å².